The van der Waals surface area contributed by atoms with E-state index in [-0.39, 0.29) is 11.5 Å². The monoisotopic (exact) mass is 419 g/mol. The largest absolute Gasteiger partial charge is 0.383 e. The van der Waals surface area contributed by atoms with Gasteiger partial charge in [0.2, 0.25) is 0 Å². The second-order valence-electron chi connectivity index (χ2n) is 9.11. The number of piperidine rings is 1. The fraction of sp³-hybridized carbons (Fsp3) is 0.542. The van der Waals surface area contributed by atoms with Crippen LogP contribution in [0, 0.1) is 17.2 Å². The van der Waals surface area contributed by atoms with E-state index >= 15 is 0 Å². The third-order valence-corrected chi connectivity index (χ3v) is 7.12. The summed E-state index contributed by atoms with van der Waals surface area (Å²) in [6.45, 7) is 4.83. The van der Waals surface area contributed by atoms with E-state index in [1.165, 1.54) is 6.42 Å². The summed E-state index contributed by atoms with van der Waals surface area (Å²) >= 11 is 0. The second kappa shape index (κ2) is 8.45. The number of nitriles is 1. The molecule has 0 radical (unpaired) electrons. The van der Waals surface area contributed by atoms with Crippen LogP contribution in [-0.4, -0.2) is 53.8 Å². The van der Waals surface area contributed by atoms with Crippen LogP contribution in [0.15, 0.2) is 35.3 Å². The van der Waals surface area contributed by atoms with Crippen LogP contribution in [0.2, 0.25) is 0 Å². The minimum Gasteiger partial charge on any atom is -0.383 e. The summed E-state index contributed by atoms with van der Waals surface area (Å²) in [5.41, 5.74) is 2.80. The van der Waals surface area contributed by atoms with Crippen LogP contribution in [0.4, 0.5) is 5.82 Å². The lowest BCUT2D eigenvalue weighted by atomic mass is 9.83. The minimum absolute atomic E-state index is 0.166. The Morgan fingerprint density at radius 3 is 3.00 bits per heavy atom. The Kier molecular flexibility index (Phi) is 5.51. The molecule has 7 heteroatoms. The Hall–Kier alpha value is -2.69. The second-order valence-corrected chi connectivity index (χ2v) is 9.11. The third-order valence-electron chi connectivity index (χ3n) is 7.12. The zero-order valence-electron chi connectivity index (χ0n) is 18.0. The summed E-state index contributed by atoms with van der Waals surface area (Å²) in [4.78, 5) is 22.5. The van der Waals surface area contributed by atoms with E-state index < -0.39 is 0 Å². The number of hydrogen-bond donors (Lipinski definition) is 0. The van der Waals surface area contributed by atoms with Crippen LogP contribution >= 0.6 is 0 Å². The number of ether oxygens (including phenoxy) is 1. The van der Waals surface area contributed by atoms with Gasteiger partial charge in [0.05, 0.1) is 12.2 Å². The molecular weight excluding hydrogens is 390 g/mol. The number of rotatable bonds is 5. The van der Waals surface area contributed by atoms with Crippen molar-refractivity contribution in [1.29, 1.82) is 5.26 Å². The van der Waals surface area contributed by atoms with Gasteiger partial charge in [-0.1, -0.05) is 6.07 Å². The highest BCUT2D eigenvalue weighted by molar-refractivity contribution is 5.54. The quantitative estimate of drug-likeness (QED) is 0.741. The van der Waals surface area contributed by atoms with Crippen molar-refractivity contribution in [3.8, 4) is 6.07 Å². The van der Waals surface area contributed by atoms with Crippen molar-refractivity contribution in [2.45, 2.75) is 44.3 Å². The molecule has 3 aliphatic rings. The molecule has 0 unspecified atom stereocenters. The van der Waals surface area contributed by atoms with Gasteiger partial charge in [-0.3, -0.25) is 9.69 Å². The first kappa shape index (κ1) is 20.2. The predicted molar refractivity (Wildman–Crippen MR) is 118 cm³/mol. The van der Waals surface area contributed by atoms with Crippen LogP contribution in [0.25, 0.3) is 0 Å². The molecule has 3 aliphatic heterocycles. The fourth-order valence-electron chi connectivity index (χ4n) is 5.72. The van der Waals surface area contributed by atoms with Crippen molar-refractivity contribution in [3.63, 3.8) is 0 Å². The average Bonchev–Trinajstić information content (AvgIpc) is 3.23. The van der Waals surface area contributed by atoms with E-state index in [1.807, 2.05) is 16.7 Å². The van der Waals surface area contributed by atoms with Gasteiger partial charge in [0.15, 0.2) is 0 Å². The number of hydrogen-bond acceptors (Lipinski definition) is 6. The Morgan fingerprint density at radius 2 is 2.16 bits per heavy atom. The highest BCUT2D eigenvalue weighted by atomic mass is 16.5. The zero-order valence-corrected chi connectivity index (χ0v) is 18.0. The first-order chi connectivity index (χ1) is 15.2. The van der Waals surface area contributed by atoms with Gasteiger partial charge in [-0.15, -0.1) is 0 Å². The molecule has 162 valence electrons. The Balaban J connectivity index is 1.39. The molecule has 5 heterocycles. The topological polar surface area (TPSA) is 74.4 Å². The summed E-state index contributed by atoms with van der Waals surface area (Å²) in [5, 5.41) is 9.47. The molecule has 0 N–H and O–H groups in total. The van der Waals surface area contributed by atoms with Gasteiger partial charge in [0, 0.05) is 62.7 Å². The highest BCUT2D eigenvalue weighted by Crippen LogP contribution is 2.37. The molecule has 0 aromatic carbocycles. The number of fused-ring (bicyclic) bond motifs is 4. The molecule has 5 rings (SSSR count). The van der Waals surface area contributed by atoms with Gasteiger partial charge in [-0.25, -0.2) is 4.98 Å². The number of nitrogens with zero attached hydrogens (tertiary/aromatic N) is 5. The van der Waals surface area contributed by atoms with Crippen molar-refractivity contribution >= 4 is 5.82 Å². The molecule has 2 bridgehead atoms. The molecule has 2 saturated heterocycles. The molecule has 2 aromatic rings. The lowest BCUT2D eigenvalue weighted by Crippen LogP contribution is -2.48. The lowest BCUT2D eigenvalue weighted by Gasteiger charge is -2.43. The maximum absolute atomic E-state index is 13.4. The molecule has 2 fully saturated rings. The Bertz CT molecular complexity index is 1060. The zero-order chi connectivity index (χ0) is 21.4. The van der Waals surface area contributed by atoms with Gasteiger partial charge in [0.1, 0.15) is 11.9 Å². The van der Waals surface area contributed by atoms with Crippen molar-refractivity contribution in [3.05, 3.63) is 57.6 Å². The number of pyridine rings is 2. The van der Waals surface area contributed by atoms with E-state index in [2.05, 4.69) is 26.9 Å². The Labute approximate surface area is 182 Å². The van der Waals surface area contributed by atoms with Crippen LogP contribution < -0.4 is 10.5 Å². The van der Waals surface area contributed by atoms with Crippen molar-refractivity contribution < 1.29 is 4.74 Å². The van der Waals surface area contributed by atoms with E-state index in [9.17, 15) is 10.1 Å². The predicted octanol–water partition coefficient (Wildman–Crippen LogP) is 2.35. The van der Waals surface area contributed by atoms with Gasteiger partial charge >= 0.3 is 0 Å². The van der Waals surface area contributed by atoms with Crippen LogP contribution in [0.5, 0.6) is 0 Å². The van der Waals surface area contributed by atoms with Gasteiger partial charge in [0.25, 0.3) is 5.56 Å². The van der Waals surface area contributed by atoms with Crippen molar-refractivity contribution in [2.24, 2.45) is 5.92 Å². The van der Waals surface area contributed by atoms with Gasteiger partial charge < -0.3 is 14.2 Å². The third kappa shape index (κ3) is 3.75. The number of anilines is 1. The molecule has 0 saturated carbocycles. The normalized spacial score (nSPS) is 25.3. The molecule has 3 atom stereocenters. The number of methoxy groups -OCH3 is 1. The summed E-state index contributed by atoms with van der Waals surface area (Å²) in [6, 6.07) is 10.5. The summed E-state index contributed by atoms with van der Waals surface area (Å²) in [6.07, 6.45) is 5.14. The summed E-state index contributed by atoms with van der Waals surface area (Å²) in [5.74, 6) is 1.45. The minimum atomic E-state index is 0.166. The molecule has 7 nitrogen and oxygen atoms in total. The molecule has 0 aliphatic carbocycles. The van der Waals surface area contributed by atoms with Crippen molar-refractivity contribution in [1.82, 2.24) is 14.5 Å². The summed E-state index contributed by atoms with van der Waals surface area (Å²) in [7, 11) is 1.75. The number of aromatic nitrogens is 2. The molecular formula is C24H29N5O2. The first-order valence-corrected chi connectivity index (χ1v) is 11.2. The van der Waals surface area contributed by atoms with Crippen LogP contribution in [0.3, 0.4) is 0 Å². The van der Waals surface area contributed by atoms with Crippen molar-refractivity contribution in [2.75, 3.05) is 38.3 Å². The van der Waals surface area contributed by atoms with Gasteiger partial charge in [-0.2, -0.15) is 5.26 Å². The van der Waals surface area contributed by atoms with Crippen LogP contribution in [-0.2, 0) is 17.8 Å². The Morgan fingerprint density at radius 1 is 1.26 bits per heavy atom. The van der Waals surface area contributed by atoms with Crippen LogP contribution in [0.1, 0.15) is 42.0 Å². The summed E-state index contributed by atoms with van der Waals surface area (Å²) < 4.78 is 7.40. The maximum Gasteiger partial charge on any atom is 0.255 e. The average molecular weight is 420 g/mol. The maximum atomic E-state index is 13.4. The highest BCUT2D eigenvalue weighted by Gasteiger charge is 2.36. The van der Waals surface area contributed by atoms with E-state index in [4.69, 9.17) is 4.74 Å². The standard InChI is InChI=1S/C24H29N5O2/c1-31-16-21-5-3-9-27(21)14-19-6-7-22-20-10-17(13-29(22)24(19)30)12-28(15-20)23-18(11-25)4-2-8-26-23/h2,4,6-8,17,20-21H,3,5,9-10,12-16H2,1H3/t17-,20+,21-/m0/s1. The smallest absolute Gasteiger partial charge is 0.255 e. The van der Waals surface area contributed by atoms with E-state index in [0.717, 1.165) is 62.7 Å². The molecule has 2 aromatic heterocycles. The molecule has 31 heavy (non-hydrogen) atoms. The first-order valence-electron chi connectivity index (χ1n) is 11.2. The fourth-order valence-corrected chi connectivity index (χ4v) is 5.72. The number of likely N-dealkylation sites (tertiary alicyclic amines) is 1. The lowest BCUT2D eigenvalue weighted by molar-refractivity contribution is 0.111. The van der Waals surface area contributed by atoms with E-state index in [0.29, 0.717) is 24.1 Å². The van der Waals surface area contributed by atoms with Gasteiger partial charge in [-0.05, 0) is 49.9 Å². The molecule has 0 amide bonds. The SMILES string of the molecule is COC[C@@H]1CCCN1Cc1ccc2n(c1=O)C[C@H]1C[C@@H]2CN(c2ncccc2C#N)C1. The molecule has 0 spiro atoms. The van der Waals surface area contributed by atoms with E-state index in [1.54, 1.807) is 19.4 Å².